The number of halogens is 3. The fourth-order valence-corrected chi connectivity index (χ4v) is 3.56. The number of carbonyl (C=O) groups excluding carboxylic acids is 1. The van der Waals surface area contributed by atoms with Gasteiger partial charge in [0.05, 0.1) is 29.0 Å². The number of methoxy groups -OCH3 is 1. The Morgan fingerprint density at radius 2 is 2.26 bits per heavy atom. The molecule has 0 radical (unpaired) electrons. The minimum Gasteiger partial charge on any atom is -0.381 e. The Labute approximate surface area is 155 Å². The molecule has 0 aromatic carbocycles. The first-order valence-electron chi connectivity index (χ1n) is 8.88. The van der Waals surface area contributed by atoms with Crippen molar-refractivity contribution in [3.05, 3.63) is 41.8 Å². The average Bonchev–Trinajstić information content (AvgIpc) is 2.70. The second-order valence-corrected chi connectivity index (χ2v) is 6.51. The molecule has 2 atom stereocenters. The number of fused-ring (bicyclic) bond motifs is 1. The van der Waals surface area contributed by atoms with Gasteiger partial charge < -0.3 is 15.0 Å². The lowest BCUT2D eigenvalue weighted by molar-refractivity contribution is -0.115. The van der Waals surface area contributed by atoms with Crippen LogP contribution < -0.4 is 10.2 Å². The van der Waals surface area contributed by atoms with Crippen LogP contribution in [0.25, 0.3) is 5.57 Å². The SMILES string of the molecule is COC1CCC(F)=C(F)C1CN1CC=C(C(=O)NCCF)c2ncccc21. The number of anilines is 1. The van der Waals surface area contributed by atoms with E-state index in [1.807, 2.05) is 4.90 Å². The van der Waals surface area contributed by atoms with Crippen LogP contribution in [0.4, 0.5) is 18.9 Å². The highest BCUT2D eigenvalue weighted by atomic mass is 19.2. The molecule has 1 N–H and O–H groups in total. The second-order valence-electron chi connectivity index (χ2n) is 6.51. The highest BCUT2D eigenvalue weighted by molar-refractivity contribution is 6.21. The Balaban J connectivity index is 1.85. The van der Waals surface area contributed by atoms with E-state index in [1.54, 1.807) is 24.4 Å². The molecule has 1 amide bonds. The minimum atomic E-state index is -0.769. The van der Waals surface area contributed by atoms with Crippen molar-refractivity contribution in [1.82, 2.24) is 10.3 Å². The number of aromatic nitrogens is 1. The monoisotopic (exact) mass is 381 g/mol. The summed E-state index contributed by atoms with van der Waals surface area (Å²) in [5, 5.41) is 2.49. The maximum Gasteiger partial charge on any atom is 0.253 e. The summed E-state index contributed by atoms with van der Waals surface area (Å²) in [4.78, 5) is 18.4. The van der Waals surface area contributed by atoms with Crippen molar-refractivity contribution in [1.29, 1.82) is 0 Å². The molecule has 0 spiro atoms. The molecule has 2 unspecified atom stereocenters. The Morgan fingerprint density at radius 3 is 3.00 bits per heavy atom. The summed E-state index contributed by atoms with van der Waals surface area (Å²) in [5.74, 6) is -2.63. The van der Waals surface area contributed by atoms with Gasteiger partial charge in [-0.15, -0.1) is 0 Å². The highest BCUT2D eigenvalue weighted by Gasteiger charge is 2.35. The predicted octanol–water partition coefficient (Wildman–Crippen LogP) is 2.95. The molecule has 1 aromatic heterocycles. The van der Waals surface area contributed by atoms with E-state index in [1.165, 1.54) is 7.11 Å². The maximum absolute atomic E-state index is 14.4. The predicted molar refractivity (Wildman–Crippen MR) is 96.2 cm³/mol. The summed E-state index contributed by atoms with van der Waals surface area (Å²) in [6.07, 6.45) is 3.27. The Hall–Kier alpha value is -2.35. The first-order chi connectivity index (χ1) is 13.1. The number of nitrogens with zero attached hydrogens (tertiary/aromatic N) is 2. The third kappa shape index (κ3) is 4.00. The number of carbonyl (C=O) groups is 1. The molecule has 1 aliphatic carbocycles. The molecule has 8 heteroatoms. The van der Waals surface area contributed by atoms with Crippen LogP contribution in [0.2, 0.25) is 0 Å². The highest BCUT2D eigenvalue weighted by Crippen LogP contribution is 2.37. The number of nitrogens with one attached hydrogen (secondary N) is 1. The van der Waals surface area contributed by atoms with E-state index in [4.69, 9.17) is 4.74 Å². The lowest BCUT2D eigenvalue weighted by atomic mass is 9.89. The van der Waals surface area contributed by atoms with Crippen molar-refractivity contribution in [2.45, 2.75) is 18.9 Å². The fraction of sp³-hybridized carbons (Fsp3) is 0.474. The zero-order valence-electron chi connectivity index (χ0n) is 15.1. The van der Waals surface area contributed by atoms with Gasteiger partial charge in [-0.1, -0.05) is 6.08 Å². The molecule has 5 nitrogen and oxygen atoms in total. The molecule has 0 saturated heterocycles. The Morgan fingerprint density at radius 1 is 1.44 bits per heavy atom. The molecule has 3 rings (SSSR count). The van der Waals surface area contributed by atoms with E-state index in [0.717, 1.165) is 0 Å². The smallest absolute Gasteiger partial charge is 0.253 e. The number of amides is 1. The first kappa shape index (κ1) is 19.4. The summed E-state index contributed by atoms with van der Waals surface area (Å²) in [7, 11) is 1.49. The van der Waals surface area contributed by atoms with Crippen LogP contribution in [0.1, 0.15) is 18.5 Å². The van der Waals surface area contributed by atoms with Crippen molar-refractivity contribution < 1.29 is 22.7 Å². The maximum atomic E-state index is 14.4. The van der Waals surface area contributed by atoms with Gasteiger partial charge >= 0.3 is 0 Å². The molecule has 0 fully saturated rings. The van der Waals surface area contributed by atoms with E-state index >= 15 is 0 Å². The van der Waals surface area contributed by atoms with E-state index < -0.39 is 36.3 Å². The van der Waals surface area contributed by atoms with E-state index in [0.29, 0.717) is 29.9 Å². The van der Waals surface area contributed by atoms with Crippen LogP contribution in [0.3, 0.4) is 0 Å². The Kier molecular flexibility index (Phi) is 6.15. The van der Waals surface area contributed by atoms with Gasteiger partial charge in [0.25, 0.3) is 5.91 Å². The van der Waals surface area contributed by atoms with Gasteiger partial charge in [0, 0.05) is 39.4 Å². The van der Waals surface area contributed by atoms with Gasteiger partial charge in [0.2, 0.25) is 0 Å². The molecular weight excluding hydrogens is 359 g/mol. The van der Waals surface area contributed by atoms with Crippen LogP contribution in [0.15, 0.2) is 36.1 Å². The summed E-state index contributed by atoms with van der Waals surface area (Å²) < 4.78 is 45.9. The van der Waals surface area contributed by atoms with E-state index in [2.05, 4.69) is 10.3 Å². The number of pyridine rings is 1. The number of ether oxygens (including phenoxy) is 1. The molecule has 146 valence electrons. The third-order valence-corrected chi connectivity index (χ3v) is 4.92. The average molecular weight is 381 g/mol. The van der Waals surface area contributed by atoms with Gasteiger partial charge in [-0.25, -0.2) is 13.2 Å². The van der Waals surface area contributed by atoms with Crippen LogP contribution in [-0.2, 0) is 9.53 Å². The number of allylic oxidation sites excluding steroid dienone is 1. The lowest BCUT2D eigenvalue weighted by Gasteiger charge is -2.36. The number of hydrogen-bond donors (Lipinski definition) is 1. The van der Waals surface area contributed by atoms with Crippen LogP contribution >= 0.6 is 0 Å². The zero-order valence-corrected chi connectivity index (χ0v) is 15.1. The number of hydrogen-bond acceptors (Lipinski definition) is 4. The Bertz CT molecular complexity index is 766. The lowest BCUT2D eigenvalue weighted by Crippen LogP contribution is -2.40. The van der Waals surface area contributed by atoms with Gasteiger partial charge in [0.1, 0.15) is 18.3 Å². The summed E-state index contributed by atoms with van der Waals surface area (Å²) >= 11 is 0. The molecule has 1 aromatic rings. The molecule has 1 aliphatic heterocycles. The third-order valence-electron chi connectivity index (χ3n) is 4.92. The fourth-order valence-electron chi connectivity index (χ4n) is 3.56. The van der Waals surface area contributed by atoms with Crippen molar-refractivity contribution in [2.24, 2.45) is 5.92 Å². The van der Waals surface area contributed by atoms with Gasteiger partial charge in [-0.3, -0.25) is 9.78 Å². The van der Waals surface area contributed by atoms with Gasteiger partial charge in [-0.05, 0) is 18.6 Å². The molecular formula is C19H22F3N3O2. The molecule has 0 saturated carbocycles. The minimum absolute atomic E-state index is 0.0395. The van der Waals surface area contributed by atoms with E-state index in [9.17, 15) is 18.0 Å². The largest absolute Gasteiger partial charge is 0.381 e. The van der Waals surface area contributed by atoms with Crippen molar-refractivity contribution in [2.75, 3.05) is 38.3 Å². The molecule has 27 heavy (non-hydrogen) atoms. The molecule has 0 bridgehead atoms. The first-order valence-corrected chi connectivity index (χ1v) is 8.88. The van der Waals surface area contributed by atoms with Gasteiger partial charge in [0.15, 0.2) is 0 Å². The van der Waals surface area contributed by atoms with E-state index in [-0.39, 0.29) is 19.5 Å². The number of rotatable bonds is 6. The summed E-state index contributed by atoms with van der Waals surface area (Å²) in [6, 6.07) is 3.50. The zero-order chi connectivity index (χ0) is 19.4. The van der Waals surface area contributed by atoms with Crippen molar-refractivity contribution in [3.8, 4) is 0 Å². The van der Waals surface area contributed by atoms with Crippen LogP contribution in [-0.4, -0.2) is 50.4 Å². The van der Waals surface area contributed by atoms with Crippen molar-refractivity contribution >= 4 is 17.2 Å². The topological polar surface area (TPSA) is 54.5 Å². The van der Waals surface area contributed by atoms with Gasteiger partial charge in [-0.2, -0.15) is 0 Å². The second kappa shape index (κ2) is 8.56. The van der Waals surface area contributed by atoms with Crippen LogP contribution in [0, 0.1) is 5.92 Å². The van der Waals surface area contributed by atoms with Crippen molar-refractivity contribution in [3.63, 3.8) is 0 Å². The summed E-state index contributed by atoms with van der Waals surface area (Å²) in [5.41, 5.74) is 1.44. The standard InChI is InChI=1S/C19H22F3N3O2/c1-27-16-5-4-14(21)17(22)13(16)11-25-10-6-12(19(26)24-9-7-20)18-15(25)3-2-8-23-18/h2-3,6,8,13,16H,4-5,7,9-11H2,1H3,(H,24,26). The number of alkyl halides is 1. The molecule has 2 aliphatic rings. The summed E-state index contributed by atoms with van der Waals surface area (Å²) in [6.45, 7) is -0.197. The van der Waals surface area contributed by atoms with Crippen LogP contribution in [0.5, 0.6) is 0 Å². The molecule has 2 heterocycles. The quantitative estimate of drug-likeness (QED) is 0.823. The normalized spacial score (nSPS) is 22.4.